The van der Waals surface area contributed by atoms with E-state index in [1.807, 2.05) is 23.5 Å². The zero-order chi connectivity index (χ0) is 20.5. The third kappa shape index (κ3) is 18.0. The van der Waals surface area contributed by atoms with Crippen molar-refractivity contribution in [3.05, 3.63) is 0 Å². The van der Waals surface area contributed by atoms with Crippen LogP contribution in [-0.2, 0) is 0 Å². The molecular weight excluding hydrogens is 356 g/mol. The molecule has 26 heavy (non-hydrogen) atoms. The van der Waals surface area contributed by atoms with E-state index >= 15 is 0 Å². The van der Waals surface area contributed by atoms with Gasteiger partial charge in [-0.1, -0.05) is 55.4 Å². The largest absolute Gasteiger partial charge is 0.316 e. The van der Waals surface area contributed by atoms with E-state index in [0.717, 1.165) is 19.6 Å². The zero-order valence-electron chi connectivity index (χ0n) is 19.5. The molecule has 0 amide bonds. The minimum atomic E-state index is 0.229. The van der Waals surface area contributed by atoms with E-state index < -0.39 is 0 Å². The maximum Gasteiger partial charge on any atom is 0.0125 e. The van der Waals surface area contributed by atoms with Crippen LogP contribution < -0.4 is 10.6 Å². The number of hydrogen-bond acceptors (Lipinski definition) is 4. The van der Waals surface area contributed by atoms with Gasteiger partial charge in [-0.2, -0.15) is 23.5 Å². The Morgan fingerprint density at radius 3 is 1.58 bits per heavy atom. The van der Waals surface area contributed by atoms with Crippen LogP contribution in [-0.4, -0.2) is 46.2 Å². The monoisotopic (exact) mass is 404 g/mol. The predicted octanol–water partition coefficient (Wildman–Crippen LogP) is 6.20. The van der Waals surface area contributed by atoms with E-state index in [1.54, 1.807) is 0 Å². The van der Waals surface area contributed by atoms with Gasteiger partial charge in [-0.3, -0.25) is 0 Å². The minimum Gasteiger partial charge on any atom is -0.316 e. The van der Waals surface area contributed by atoms with Gasteiger partial charge >= 0.3 is 0 Å². The highest BCUT2D eigenvalue weighted by molar-refractivity contribution is 8.00. The summed E-state index contributed by atoms with van der Waals surface area (Å²) in [6.45, 7) is 26.7. The lowest BCUT2D eigenvalue weighted by atomic mass is 9.80. The van der Waals surface area contributed by atoms with Crippen molar-refractivity contribution in [1.82, 2.24) is 10.6 Å². The second-order valence-corrected chi connectivity index (χ2v) is 14.7. The summed E-state index contributed by atoms with van der Waals surface area (Å²) in [5.41, 5.74) is 0.635. The normalized spacial score (nSPS) is 14.1. The topological polar surface area (TPSA) is 24.1 Å². The van der Waals surface area contributed by atoms with Crippen molar-refractivity contribution in [3.8, 4) is 0 Å². The van der Waals surface area contributed by atoms with Gasteiger partial charge < -0.3 is 10.6 Å². The smallest absolute Gasteiger partial charge is 0.0125 e. The Hall–Kier alpha value is 0.620. The second kappa shape index (κ2) is 11.6. The van der Waals surface area contributed by atoms with Crippen LogP contribution >= 0.6 is 23.5 Å². The summed E-state index contributed by atoms with van der Waals surface area (Å²) in [5, 5.41) is 7.39. The molecule has 0 rings (SSSR count). The Labute approximate surface area is 174 Å². The highest BCUT2D eigenvalue weighted by atomic mass is 32.2. The molecule has 0 saturated heterocycles. The number of thioether (sulfide) groups is 2. The van der Waals surface area contributed by atoms with Crippen LogP contribution in [0.25, 0.3) is 0 Å². The number of nitrogens with one attached hydrogen (secondary N) is 2. The van der Waals surface area contributed by atoms with Crippen molar-refractivity contribution in [2.45, 2.75) is 104 Å². The van der Waals surface area contributed by atoms with E-state index in [1.165, 1.54) is 30.8 Å². The summed E-state index contributed by atoms with van der Waals surface area (Å²) < 4.78 is 0.747. The molecule has 2 N–H and O–H groups in total. The standard InChI is InChI=1S/C22H48N2S2/c1-19(2,3)25-17-15-23-14-13-21(7,8)11-12-22(9,10)24-16-18-26-20(4,5)6/h23-24H,11-18H2,1-10H3. The van der Waals surface area contributed by atoms with Crippen LogP contribution in [0.4, 0.5) is 0 Å². The minimum absolute atomic E-state index is 0.229. The Balaban J connectivity index is 3.91. The molecule has 0 aliphatic rings. The molecule has 158 valence electrons. The Kier molecular flexibility index (Phi) is 11.9. The third-order valence-corrected chi connectivity index (χ3v) is 7.01. The second-order valence-electron chi connectivity index (χ2n) is 10.9. The Bertz CT molecular complexity index is 365. The molecule has 0 aliphatic carbocycles. The maximum atomic E-state index is 3.76. The van der Waals surface area contributed by atoms with Crippen LogP contribution in [0.15, 0.2) is 0 Å². The summed E-state index contributed by atoms with van der Waals surface area (Å²) in [6.07, 6.45) is 3.76. The molecule has 0 radical (unpaired) electrons. The van der Waals surface area contributed by atoms with Gasteiger partial charge in [-0.05, 0) is 45.1 Å². The molecular formula is C22H48N2S2. The lowest BCUT2D eigenvalue weighted by Gasteiger charge is -2.32. The molecule has 2 nitrogen and oxygen atoms in total. The van der Waals surface area contributed by atoms with E-state index in [-0.39, 0.29) is 5.54 Å². The molecule has 0 spiro atoms. The van der Waals surface area contributed by atoms with Gasteiger partial charge in [0.15, 0.2) is 0 Å². The average Bonchev–Trinajstić information content (AvgIpc) is 2.44. The lowest BCUT2D eigenvalue weighted by Crippen LogP contribution is -2.41. The van der Waals surface area contributed by atoms with Gasteiger partial charge in [0, 0.05) is 39.6 Å². The average molecular weight is 405 g/mol. The molecule has 0 aromatic heterocycles. The summed E-state index contributed by atoms with van der Waals surface area (Å²) in [6, 6.07) is 0. The fourth-order valence-electron chi connectivity index (χ4n) is 2.59. The molecule has 0 bridgehead atoms. The molecule has 0 fully saturated rings. The molecule has 0 unspecified atom stereocenters. The van der Waals surface area contributed by atoms with Gasteiger partial charge in [0.05, 0.1) is 0 Å². The van der Waals surface area contributed by atoms with Crippen molar-refractivity contribution in [1.29, 1.82) is 0 Å². The summed E-state index contributed by atoms with van der Waals surface area (Å²) in [4.78, 5) is 0. The van der Waals surface area contributed by atoms with Crippen LogP contribution in [0.1, 0.15) is 88.5 Å². The van der Waals surface area contributed by atoms with Crippen molar-refractivity contribution in [2.75, 3.05) is 31.1 Å². The van der Waals surface area contributed by atoms with E-state index in [0.29, 0.717) is 14.9 Å². The predicted molar refractivity (Wildman–Crippen MR) is 127 cm³/mol. The SMILES string of the molecule is CC(C)(CCNCCSC(C)(C)C)CCC(C)(C)NCCSC(C)(C)C. The zero-order valence-corrected chi connectivity index (χ0v) is 21.1. The van der Waals surface area contributed by atoms with Crippen LogP contribution in [0, 0.1) is 5.41 Å². The summed E-state index contributed by atoms with van der Waals surface area (Å²) in [7, 11) is 0. The molecule has 0 heterocycles. The van der Waals surface area contributed by atoms with Crippen LogP contribution in [0.3, 0.4) is 0 Å². The first-order valence-electron chi connectivity index (χ1n) is 10.4. The molecule has 0 atom stereocenters. The van der Waals surface area contributed by atoms with Gasteiger partial charge in [0.2, 0.25) is 0 Å². The fraction of sp³-hybridized carbons (Fsp3) is 1.00. The first-order chi connectivity index (χ1) is 11.6. The van der Waals surface area contributed by atoms with E-state index in [2.05, 4.69) is 79.9 Å². The third-order valence-electron chi connectivity index (χ3n) is 4.46. The highest BCUT2D eigenvalue weighted by Crippen LogP contribution is 2.30. The molecule has 0 saturated carbocycles. The van der Waals surface area contributed by atoms with Crippen molar-refractivity contribution >= 4 is 23.5 Å². The van der Waals surface area contributed by atoms with Crippen LogP contribution in [0.5, 0.6) is 0 Å². The number of hydrogen-bond donors (Lipinski definition) is 2. The van der Waals surface area contributed by atoms with E-state index in [4.69, 9.17) is 0 Å². The van der Waals surface area contributed by atoms with Gasteiger partial charge in [0.1, 0.15) is 0 Å². The van der Waals surface area contributed by atoms with Crippen LogP contribution in [0.2, 0.25) is 0 Å². The van der Waals surface area contributed by atoms with Gasteiger partial charge in [0.25, 0.3) is 0 Å². The summed E-state index contributed by atoms with van der Waals surface area (Å²) >= 11 is 4.09. The molecule has 0 aromatic carbocycles. The fourth-order valence-corrected chi connectivity index (χ4v) is 4.27. The van der Waals surface area contributed by atoms with Crippen molar-refractivity contribution in [2.24, 2.45) is 5.41 Å². The summed E-state index contributed by atoms with van der Waals surface area (Å²) in [5.74, 6) is 2.39. The molecule has 0 aromatic rings. The van der Waals surface area contributed by atoms with Crippen molar-refractivity contribution in [3.63, 3.8) is 0 Å². The lowest BCUT2D eigenvalue weighted by molar-refractivity contribution is 0.246. The Morgan fingerprint density at radius 1 is 0.577 bits per heavy atom. The maximum absolute atomic E-state index is 3.76. The van der Waals surface area contributed by atoms with E-state index in [9.17, 15) is 0 Å². The first-order valence-corrected chi connectivity index (χ1v) is 12.3. The Morgan fingerprint density at radius 2 is 1.08 bits per heavy atom. The first kappa shape index (κ1) is 26.6. The molecule has 0 aliphatic heterocycles. The number of rotatable bonds is 13. The highest BCUT2D eigenvalue weighted by Gasteiger charge is 2.24. The van der Waals surface area contributed by atoms with Gasteiger partial charge in [-0.15, -0.1) is 0 Å². The van der Waals surface area contributed by atoms with Gasteiger partial charge in [-0.25, -0.2) is 0 Å². The molecule has 4 heteroatoms. The quantitative estimate of drug-likeness (QED) is 0.357. The van der Waals surface area contributed by atoms with Crippen molar-refractivity contribution < 1.29 is 0 Å².